The number of halogens is 3. The molecule has 0 saturated carbocycles. The van der Waals surface area contributed by atoms with E-state index in [1.807, 2.05) is 0 Å². The zero-order valence-corrected chi connectivity index (χ0v) is 14.2. The van der Waals surface area contributed by atoms with Gasteiger partial charge in [0.2, 0.25) is 0 Å². The van der Waals surface area contributed by atoms with E-state index >= 15 is 0 Å². The highest BCUT2D eigenvalue weighted by Crippen LogP contribution is 2.22. The van der Waals surface area contributed by atoms with Crippen molar-refractivity contribution in [2.24, 2.45) is 0 Å². The summed E-state index contributed by atoms with van der Waals surface area (Å²) in [6.45, 7) is 1.77. The minimum atomic E-state index is -4.06. The van der Waals surface area contributed by atoms with Gasteiger partial charge >= 0.3 is 6.18 Å². The molecule has 0 heterocycles. The van der Waals surface area contributed by atoms with Crippen LogP contribution in [0.2, 0.25) is 12.6 Å². The maximum absolute atomic E-state index is 11.8. The smallest absolute Gasteiger partial charge is 0.388 e. The van der Waals surface area contributed by atoms with Gasteiger partial charge in [-0.3, -0.25) is 0 Å². The van der Waals surface area contributed by atoms with Gasteiger partial charge in [0.15, 0.2) is 9.04 Å². The van der Waals surface area contributed by atoms with Crippen LogP contribution in [-0.2, 0) is 12.3 Å². The molecule has 0 rings (SSSR count). The fourth-order valence-corrected chi connectivity index (χ4v) is 6.75. The van der Waals surface area contributed by atoms with Crippen LogP contribution < -0.4 is 0 Å². The van der Waals surface area contributed by atoms with Gasteiger partial charge in [-0.1, -0.05) is 0 Å². The van der Waals surface area contributed by atoms with Gasteiger partial charge in [0.25, 0.3) is 20.0 Å². The van der Waals surface area contributed by atoms with E-state index in [1.54, 1.807) is 6.55 Å². The summed E-state index contributed by atoms with van der Waals surface area (Å²) in [5.41, 5.74) is 0. The molecule has 0 aliphatic carbocycles. The lowest BCUT2D eigenvalue weighted by molar-refractivity contribution is -0.130. The molecule has 0 spiro atoms. The van der Waals surface area contributed by atoms with Crippen molar-refractivity contribution >= 4 is 39.5 Å². The zero-order valence-electron chi connectivity index (χ0n) is 8.26. The summed E-state index contributed by atoms with van der Waals surface area (Å²) < 4.78 is 50.6. The molecule has 0 aliphatic heterocycles. The van der Waals surface area contributed by atoms with E-state index in [1.165, 1.54) is 0 Å². The van der Waals surface area contributed by atoms with E-state index < -0.39 is 41.7 Å². The Morgan fingerprint density at radius 1 is 1.36 bits per heavy atom. The average Bonchev–Trinajstić information content (AvgIpc) is 2.08. The van der Waals surface area contributed by atoms with Crippen LogP contribution in [0.1, 0.15) is 6.42 Å². The standard InChI is InChI=1S/C4H15F3O3Si4/c1-14(3-2-4(5,6)7)10-13-9-12-8-11/h14H,2-3,12-13H2,1,11H3. The van der Waals surface area contributed by atoms with Crippen molar-refractivity contribution in [1.29, 1.82) is 0 Å². The minimum Gasteiger partial charge on any atom is -0.449 e. The highest BCUT2D eigenvalue weighted by molar-refractivity contribution is 6.57. The zero-order chi connectivity index (χ0) is 11.0. The molecule has 0 saturated heterocycles. The van der Waals surface area contributed by atoms with Crippen LogP contribution in [0.25, 0.3) is 0 Å². The lowest BCUT2D eigenvalue weighted by Gasteiger charge is -2.13. The summed E-state index contributed by atoms with van der Waals surface area (Å²) >= 11 is 0. The van der Waals surface area contributed by atoms with Crippen LogP contribution >= 0.6 is 0 Å². The van der Waals surface area contributed by atoms with E-state index in [2.05, 4.69) is 0 Å². The molecule has 0 N–H and O–H groups in total. The Bertz CT molecular complexity index is 146. The van der Waals surface area contributed by atoms with Gasteiger partial charge in [0.05, 0.1) is 0 Å². The molecule has 1 unspecified atom stereocenters. The van der Waals surface area contributed by atoms with Gasteiger partial charge in [0.1, 0.15) is 10.5 Å². The molecule has 14 heavy (non-hydrogen) atoms. The average molecular weight is 280 g/mol. The third-order valence-corrected chi connectivity index (χ3v) is 7.67. The Balaban J connectivity index is 3.32. The van der Waals surface area contributed by atoms with Gasteiger partial charge in [-0.2, -0.15) is 13.2 Å². The van der Waals surface area contributed by atoms with Crippen LogP contribution in [0.3, 0.4) is 0 Å². The molecule has 0 aromatic heterocycles. The first-order chi connectivity index (χ1) is 6.45. The summed E-state index contributed by atoms with van der Waals surface area (Å²) in [7, 11) is -2.91. The third-order valence-electron chi connectivity index (χ3n) is 1.47. The lowest BCUT2D eigenvalue weighted by Crippen LogP contribution is -2.22. The van der Waals surface area contributed by atoms with Crippen molar-refractivity contribution in [2.75, 3.05) is 0 Å². The summed E-state index contributed by atoms with van der Waals surface area (Å²) in [6.07, 6.45) is -4.79. The fraction of sp³-hybridized carbons (Fsp3) is 1.00. The second-order valence-electron chi connectivity index (χ2n) is 2.86. The number of hydrogen-bond donors (Lipinski definition) is 0. The van der Waals surface area contributed by atoms with Crippen molar-refractivity contribution in [3.8, 4) is 0 Å². The van der Waals surface area contributed by atoms with E-state index in [9.17, 15) is 13.2 Å². The SMILES string of the molecule is C[SiH](CCC(F)(F)F)O[SiH2]O[SiH2]O[SiH3]. The van der Waals surface area contributed by atoms with Gasteiger partial charge < -0.3 is 12.3 Å². The van der Waals surface area contributed by atoms with Crippen molar-refractivity contribution in [2.45, 2.75) is 25.2 Å². The Morgan fingerprint density at radius 3 is 2.50 bits per heavy atom. The van der Waals surface area contributed by atoms with E-state index in [-0.39, 0.29) is 6.04 Å². The van der Waals surface area contributed by atoms with Crippen molar-refractivity contribution < 1.29 is 25.5 Å². The first kappa shape index (κ1) is 14.5. The molecule has 0 aromatic carbocycles. The first-order valence-corrected chi connectivity index (χ1v) is 9.77. The van der Waals surface area contributed by atoms with Crippen LogP contribution in [0.4, 0.5) is 13.2 Å². The number of hydrogen-bond acceptors (Lipinski definition) is 3. The van der Waals surface area contributed by atoms with Gasteiger partial charge in [-0.25, -0.2) is 0 Å². The van der Waals surface area contributed by atoms with Crippen molar-refractivity contribution in [3.63, 3.8) is 0 Å². The monoisotopic (exact) mass is 280 g/mol. The Kier molecular flexibility index (Phi) is 8.08. The van der Waals surface area contributed by atoms with Gasteiger partial charge in [-0.05, 0) is 12.6 Å². The first-order valence-electron chi connectivity index (χ1n) is 4.20. The van der Waals surface area contributed by atoms with E-state index in [0.29, 0.717) is 10.5 Å². The molecular weight excluding hydrogens is 265 g/mol. The molecule has 0 radical (unpaired) electrons. The molecule has 0 fully saturated rings. The molecule has 0 aliphatic rings. The van der Waals surface area contributed by atoms with Crippen molar-refractivity contribution in [3.05, 3.63) is 0 Å². The van der Waals surface area contributed by atoms with Crippen molar-refractivity contribution in [1.82, 2.24) is 0 Å². The maximum atomic E-state index is 11.8. The highest BCUT2D eigenvalue weighted by Gasteiger charge is 2.27. The second-order valence-corrected chi connectivity index (χ2v) is 10.8. The Morgan fingerprint density at radius 2 is 2.00 bits per heavy atom. The minimum absolute atomic E-state index is 0.142. The molecular formula is C4H15F3O3Si4. The normalized spacial score (nSPS) is 16.3. The molecule has 0 bridgehead atoms. The summed E-state index contributed by atoms with van der Waals surface area (Å²) in [5, 5.41) is 0. The Labute approximate surface area is 90.7 Å². The Hall–Kier alpha value is 0.538. The van der Waals surface area contributed by atoms with Crippen LogP contribution in [0.15, 0.2) is 0 Å². The highest BCUT2D eigenvalue weighted by atomic mass is 28.4. The molecule has 0 amide bonds. The maximum Gasteiger partial charge on any atom is 0.388 e. The fourth-order valence-electron chi connectivity index (χ4n) is 0.732. The van der Waals surface area contributed by atoms with E-state index in [0.717, 1.165) is 0 Å². The molecule has 86 valence electrons. The topological polar surface area (TPSA) is 27.7 Å². The van der Waals surface area contributed by atoms with Crippen LogP contribution in [0.5, 0.6) is 0 Å². The molecule has 1 atom stereocenters. The van der Waals surface area contributed by atoms with Crippen LogP contribution in [-0.4, -0.2) is 45.7 Å². The summed E-state index contributed by atoms with van der Waals surface area (Å²) in [5.74, 6) is 0. The second kappa shape index (κ2) is 7.78. The van der Waals surface area contributed by atoms with Gasteiger partial charge in [-0.15, -0.1) is 0 Å². The molecule has 3 nitrogen and oxygen atoms in total. The quantitative estimate of drug-likeness (QED) is 0.425. The van der Waals surface area contributed by atoms with Crippen LogP contribution in [0, 0.1) is 0 Å². The summed E-state index contributed by atoms with van der Waals surface area (Å²) in [4.78, 5) is 0. The number of alkyl halides is 3. The predicted molar refractivity (Wildman–Crippen MR) is 58.8 cm³/mol. The molecule has 0 aromatic rings. The molecule has 10 heteroatoms. The largest absolute Gasteiger partial charge is 0.449 e. The lowest BCUT2D eigenvalue weighted by atomic mass is 10.5. The number of rotatable bonds is 7. The van der Waals surface area contributed by atoms with Gasteiger partial charge in [0, 0.05) is 6.42 Å². The predicted octanol–water partition coefficient (Wildman–Crippen LogP) is -1.38. The third kappa shape index (κ3) is 10.6. The summed E-state index contributed by atoms with van der Waals surface area (Å²) in [6, 6.07) is 0.142. The van der Waals surface area contributed by atoms with E-state index in [4.69, 9.17) is 12.3 Å².